The lowest BCUT2D eigenvalue weighted by molar-refractivity contribution is -0.133. The number of nitrogens with zero attached hydrogens (tertiary/aromatic N) is 1. The predicted molar refractivity (Wildman–Crippen MR) is 160 cm³/mol. The molecule has 3 aromatic carbocycles. The molecule has 1 atom stereocenters. The van der Waals surface area contributed by atoms with Crippen LogP contribution in [0.3, 0.4) is 0 Å². The van der Waals surface area contributed by atoms with Crippen LogP contribution in [0.4, 0.5) is 10.5 Å². The van der Waals surface area contributed by atoms with Gasteiger partial charge in [-0.25, -0.2) is 9.78 Å². The number of rotatable bonds is 13. The number of carbonyl (C=O) groups excluding carboxylic acids is 3. The van der Waals surface area contributed by atoms with Crippen molar-refractivity contribution in [1.82, 2.24) is 15.6 Å². The van der Waals surface area contributed by atoms with Gasteiger partial charge in [0.2, 0.25) is 5.91 Å². The number of hydrogen-bond donors (Lipinski definition) is 4. The van der Waals surface area contributed by atoms with Crippen molar-refractivity contribution in [3.63, 3.8) is 0 Å². The maximum atomic E-state index is 13.4. The van der Waals surface area contributed by atoms with Gasteiger partial charge >= 0.3 is 12.1 Å². The molecular weight excluding hydrogens is 556 g/mol. The number of para-hydroxylation sites is 2. The molecule has 0 spiro atoms. The van der Waals surface area contributed by atoms with Crippen LogP contribution in [0.15, 0.2) is 95.9 Å². The third kappa shape index (κ3) is 9.07. The van der Waals surface area contributed by atoms with E-state index < -0.39 is 29.9 Å². The summed E-state index contributed by atoms with van der Waals surface area (Å²) < 4.78 is 5.22. The van der Waals surface area contributed by atoms with E-state index in [4.69, 9.17) is 9.84 Å². The van der Waals surface area contributed by atoms with Crippen molar-refractivity contribution < 1.29 is 29.0 Å². The Bertz CT molecular complexity index is 1550. The van der Waals surface area contributed by atoms with Crippen LogP contribution in [0.25, 0.3) is 10.9 Å². The number of pyridine rings is 1. The molecule has 3 amide bonds. The Kier molecular flexibility index (Phi) is 10.9. The fraction of sp³-hybridized carbons (Fsp3) is 0.194. The Morgan fingerprint density at radius 2 is 1.62 bits per heavy atom. The Hall–Kier alpha value is -4.90. The summed E-state index contributed by atoms with van der Waals surface area (Å²) in [6, 6.07) is 25.9. The number of thioether (sulfide) groups is 1. The van der Waals surface area contributed by atoms with Gasteiger partial charge in [-0.15, -0.1) is 11.8 Å². The summed E-state index contributed by atoms with van der Waals surface area (Å²) in [6.07, 6.45) is -0.0258. The highest BCUT2D eigenvalue weighted by Gasteiger charge is 2.23. The molecule has 0 saturated carbocycles. The molecular formula is C31H30N4O6S. The number of amides is 3. The number of carbonyl (C=O) groups is 4. The second kappa shape index (κ2) is 15.2. The van der Waals surface area contributed by atoms with Crippen molar-refractivity contribution in [1.29, 1.82) is 0 Å². The van der Waals surface area contributed by atoms with E-state index in [-0.39, 0.29) is 31.0 Å². The van der Waals surface area contributed by atoms with Gasteiger partial charge in [0.05, 0.1) is 17.0 Å². The molecule has 11 heteroatoms. The minimum absolute atomic E-state index is 0.131. The predicted octanol–water partition coefficient (Wildman–Crippen LogP) is 4.86. The van der Waals surface area contributed by atoms with E-state index in [9.17, 15) is 19.2 Å². The van der Waals surface area contributed by atoms with E-state index in [1.54, 1.807) is 42.5 Å². The maximum Gasteiger partial charge on any atom is 0.407 e. The van der Waals surface area contributed by atoms with Crippen LogP contribution in [0.2, 0.25) is 0 Å². The molecule has 10 nitrogen and oxygen atoms in total. The van der Waals surface area contributed by atoms with Crippen molar-refractivity contribution in [3.8, 4) is 0 Å². The molecule has 1 heterocycles. The first kappa shape index (κ1) is 30.1. The lowest BCUT2D eigenvalue weighted by Gasteiger charge is -2.19. The third-order valence-corrected chi connectivity index (χ3v) is 7.16. The number of benzene rings is 3. The second-order valence-corrected chi connectivity index (χ2v) is 10.2. The average Bonchev–Trinajstić information content (AvgIpc) is 3.01. The van der Waals surface area contributed by atoms with Crippen LogP contribution >= 0.6 is 11.8 Å². The van der Waals surface area contributed by atoms with E-state index >= 15 is 0 Å². The number of nitrogens with one attached hydrogen (secondary N) is 3. The highest BCUT2D eigenvalue weighted by molar-refractivity contribution is 8.00. The van der Waals surface area contributed by atoms with Crippen molar-refractivity contribution in [2.24, 2.45) is 0 Å². The minimum Gasteiger partial charge on any atom is -0.481 e. The monoisotopic (exact) mass is 586 g/mol. The summed E-state index contributed by atoms with van der Waals surface area (Å²) in [5.74, 6) is -2.17. The van der Waals surface area contributed by atoms with E-state index in [1.165, 1.54) is 0 Å². The van der Waals surface area contributed by atoms with Gasteiger partial charge in [0, 0.05) is 16.8 Å². The number of aromatic nitrogens is 1. The normalized spacial score (nSPS) is 11.3. The summed E-state index contributed by atoms with van der Waals surface area (Å²) in [6.45, 7) is 0.346. The van der Waals surface area contributed by atoms with E-state index in [0.717, 1.165) is 22.7 Å². The van der Waals surface area contributed by atoms with Crippen LogP contribution < -0.4 is 16.0 Å². The van der Waals surface area contributed by atoms with Gasteiger partial charge < -0.3 is 25.8 Å². The van der Waals surface area contributed by atoms with Crippen molar-refractivity contribution in [2.45, 2.75) is 30.4 Å². The molecule has 0 aliphatic rings. The average molecular weight is 587 g/mol. The molecule has 0 aliphatic carbocycles. The molecule has 0 aliphatic heterocycles. The number of fused-ring (bicyclic) bond motifs is 1. The van der Waals surface area contributed by atoms with Crippen molar-refractivity contribution in [2.75, 3.05) is 17.6 Å². The maximum absolute atomic E-state index is 13.4. The molecule has 4 rings (SSSR count). The van der Waals surface area contributed by atoms with Gasteiger partial charge in [0.15, 0.2) is 0 Å². The number of carboxylic acids is 1. The number of carboxylic acid groups (broad SMARTS) is 1. The Balaban J connectivity index is 1.40. The molecule has 0 fully saturated rings. The van der Waals surface area contributed by atoms with E-state index in [0.29, 0.717) is 22.5 Å². The Labute approximate surface area is 246 Å². The van der Waals surface area contributed by atoms with E-state index in [1.807, 2.05) is 48.5 Å². The number of hydrogen-bond acceptors (Lipinski definition) is 7. The molecule has 0 radical (unpaired) electrons. The zero-order valence-corrected chi connectivity index (χ0v) is 23.4. The van der Waals surface area contributed by atoms with Gasteiger partial charge in [0.1, 0.15) is 18.3 Å². The zero-order valence-electron chi connectivity index (χ0n) is 22.6. The standard InChI is InChI=1S/C31H30N4O6S/c36-28(37)20-42-27-15-7-6-13-24(27)34-29(38)25(14-8-18-32-31(40)41-19-21-9-2-1-3-10-21)35-30(39)26-17-16-22-11-4-5-12-23(22)33-26/h1-7,9-13,15-17,25H,8,14,18-20H2,(H,32,40)(H,34,38)(H,35,39)(H,36,37)/t25-/m0/s1. The first-order chi connectivity index (χ1) is 20.4. The smallest absolute Gasteiger partial charge is 0.407 e. The minimum atomic E-state index is -0.982. The highest BCUT2D eigenvalue weighted by Crippen LogP contribution is 2.27. The summed E-state index contributed by atoms with van der Waals surface area (Å²) in [5, 5.41) is 18.2. The van der Waals surface area contributed by atoms with Gasteiger partial charge in [-0.3, -0.25) is 14.4 Å². The van der Waals surface area contributed by atoms with Crippen LogP contribution in [0.5, 0.6) is 0 Å². The van der Waals surface area contributed by atoms with Crippen LogP contribution in [-0.2, 0) is 20.9 Å². The first-order valence-electron chi connectivity index (χ1n) is 13.2. The lowest BCUT2D eigenvalue weighted by atomic mass is 10.1. The largest absolute Gasteiger partial charge is 0.481 e. The van der Waals surface area contributed by atoms with Crippen molar-refractivity contribution in [3.05, 3.63) is 102 Å². The van der Waals surface area contributed by atoms with Crippen LogP contribution in [-0.4, -0.2) is 52.3 Å². The van der Waals surface area contributed by atoms with Crippen LogP contribution in [0, 0.1) is 0 Å². The SMILES string of the molecule is O=C(O)CSc1ccccc1NC(=O)[C@H](CCCNC(=O)OCc1ccccc1)NC(=O)c1ccc2ccccc2n1. The zero-order chi connectivity index (χ0) is 29.7. The van der Waals surface area contributed by atoms with Crippen LogP contribution in [0.1, 0.15) is 28.9 Å². The molecule has 4 N–H and O–H groups in total. The molecule has 1 aromatic heterocycles. The molecule has 4 aromatic rings. The van der Waals surface area contributed by atoms with Crippen molar-refractivity contribution >= 4 is 52.2 Å². The quantitative estimate of drug-likeness (QED) is 0.128. The van der Waals surface area contributed by atoms with Gasteiger partial charge in [-0.1, -0.05) is 66.7 Å². The van der Waals surface area contributed by atoms with Gasteiger partial charge in [-0.05, 0) is 42.7 Å². The molecule has 0 unspecified atom stereocenters. The Morgan fingerprint density at radius 3 is 2.43 bits per heavy atom. The molecule has 216 valence electrons. The number of alkyl carbamates (subject to hydrolysis) is 1. The fourth-order valence-corrected chi connectivity index (χ4v) is 4.75. The van der Waals surface area contributed by atoms with E-state index in [2.05, 4.69) is 20.9 Å². The lowest BCUT2D eigenvalue weighted by Crippen LogP contribution is -2.44. The highest BCUT2D eigenvalue weighted by atomic mass is 32.2. The summed E-state index contributed by atoms with van der Waals surface area (Å²) >= 11 is 1.08. The van der Waals surface area contributed by atoms with Gasteiger partial charge in [-0.2, -0.15) is 0 Å². The van der Waals surface area contributed by atoms with Gasteiger partial charge in [0.25, 0.3) is 5.91 Å². The summed E-state index contributed by atoms with van der Waals surface area (Å²) in [4.78, 5) is 54.7. The second-order valence-electron chi connectivity index (χ2n) is 9.21. The molecule has 0 bridgehead atoms. The third-order valence-electron chi connectivity index (χ3n) is 6.10. The number of aliphatic carboxylic acids is 1. The molecule has 0 saturated heterocycles. The summed E-state index contributed by atoms with van der Waals surface area (Å²) in [5.41, 5.74) is 2.09. The number of anilines is 1. The Morgan fingerprint density at radius 1 is 0.881 bits per heavy atom. The first-order valence-corrected chi connectivity index (χ1v) is 14.2. The topological polar surface area (TPSA) is 147 Å². The molecule has 42 heavy (non-hydrogen) atoms. The number of ether oxygens (including phenoxy) is 1. The fourth-order valence-electron chi connectivity index (χ4n) is 4.02. The summed E-state index contributed by atoms with van der Waals surface area (Å²) in [7, 11) is 0.